The first-order valence-electron chi connectivity index (χ1n) is 4.45. The summed E-state index contributed by atoms with van der Waals surface area (Å²) in [6.45, 7) is 1.30. The number of carbonyl (C=O) groups excluding carboxylic acids is 2. The predicted octanol–water partition coefficient (Wildman–Crippen LogP) is 1.24. The molecule has 86 valence electrons. The molecule has 0 aliphatic rings. The van der Waals surface area contributed by atoms with E-state index in [9.17, 15) is 9.59 Å². The average molecular weight is 287 g/mol. The van der Waals surface area contributed by atoms with Gasteiger partial charge in [0.15, 0.2) is 0 Å². The van der Waals surface area contributed by atoms with Gasteiger partial charge in [0.05, 0.1) is 12.7 Å². The zero-order valence-electron chi connectivity index (χ0n) is 8.83. The van der Waals surface area contributed by atoms with Crippen LogP contribution in [0.25, 0.3) is 0 Å². The normalized spacial score (nSPS) is 9.44. The number of hydrazine groups is 1. The van der Waals surface area contributed by atoms with Gasteiger partial charge in [-0.2, -0.15) is 0 Å². The lowest BCUT2D eigenvalue weighted by molar-refractivity contribution is -0.119. The number of benzene rings is 1. The van der Waals surface area contributed by atoms with E-state index in [1.54, 1.807) is 18.2 Å². The van der Waals surface area contributed by atoms with Gasteiger partial charge >= 0.3 is 0 Å². The van der Waals surface area contributed by atoms with Gasteiger partial charge < -0.3 is 4.74 Å². The first-order chi connectivity index (χ1) is 7.54. The highest BCUT2D eigenvalue weighted by Crippen LogP contribution is 2.23. The highest BCUT2D eigenvalue weighted by atomic mass is 79.9. The van der Waals surface area contributed by atoms with E-state index in [1.165, 1.54) is 14.0 Å². The topological polar surface area (TPSA) is 67.4 Å². The number of hydrogen-bond acceptors (Lipinski definition) is 3. The molecule has 0 unspecified atom stereocenters. The second-order valence-corrected chi connectivity index (χ2v) is 3.90. The lowest BCUT2D eigenvalue weighted by atomic mass is 10.2. The van der Waals surface area contributed by atoms with Gasteiger partial charge in [-0.05, 0) is 18.2 Å². The molecule has 1 rings (SSSR count). The summed E-state index contributed by atoms with van der Waals surface area (Å²) in [7, 11) is 1.47. The van der Waals surface area contributed by atoms with Crippen LogP contribution in [0.1, 0.15) is 17.3 Å². The summed E-state index contributed by atoms with van der Waals surface area (Å²) in [5.74, 6) is -0.346. The third kappa shape index (κ3) is 3.23. The molecule has 0 heterocycles. The van der Waals surface area contributed by atoms with E-state index in [0.29, 0.717) is 11.3 Å². The van der Waals surface area contributed by atoms with Crippen LogP contribution in [0, 0.1) is 0 Å². The van der Waals surface area contributed by atoms with Gasteiger partial charge in [0, 0.05) is 11.4 Å². The van der Waals surface area contributed by atoms with Crippen LogP contribution in [-0.4, -0.2) is 18.9 Å². The van der Waals surface area contributed by atoms with Crippen molar-refractivity contribution in [2.75, 3.05) is 7.11 Å². The van der Waals surface area contributed by atoms with Crippen molar-refractivity contribution in [3.8, 4) is 5.75 Å². The number of amides is 2. The molecule has 0 aromatic heterocycles. The Morgan fingerprint density at radius 1 is 1.31 bits per heavy atom. The van der Waals surface area contributed by atoms with E-state index in [2.05, 4.69) is 26.8 Å². The van der Waals surface area contributed by atoms with Gasteiger partial charge in [0.1, 0.15) is 5.75 Å². The molecular weight excluding hydrogens is 276 g/mol. The first-order valence-corrected chi connectivity index (χ1v) is 5.24. The summed E-state index contributed by atoms with van der Waals surface area (Å²) < 4.78 is 5.86. The summed E-state index contributed by atoms with van der Waals surface area (Å²) in [6, 6.07) is 4.98. The highest BCUT2D eigenvalue weighted by Gasteiger charge is 2.12. The zero-order chi connectivity index (χ0) is 12.1. The van der Waals surface area contributed by atoms with E-state index < -0.39 is 5.91 Å². The van der Waals surface area contributed by atoms with Crippen molar-refractivity contribution in [2.45, 2.75) is 6.92 Å². The number of hydrogen-bond donors (Lipinski definition) is 2. The Labute approximate surface area is 101 Å². The number of ether oxygens (including phenoxy) is 1. The van der Waals surface area contributed by atoms with Gasteiger partial charge in [-0.25, -0.2) is 0 Å². The average Bonchev–Trinajstić information content (AvgIpc) is 2.25. The molecular formula is C10H11BrN2O3. The van der Waals surface area contributed by atoms with Crippen LogP contribution < -0.4 is 15.6 Å². The minimum absolute atomic E-state index is 0.343. The number of methoxy groups -OCH3 is 1. The molecule has 5 nitrogen and oxygen atoms in total. The van der Waals surface area contributed by atoms with Gasteiger partial charge in [-0.15, -0.1) is 0 Å². The molecule has 0 atom stereocenters. The van der Waals surface area contributed by atoms with Crippen molar-refractivity contribution in [2.24, 2.45) is 0 Å². The maximum absolute atomic E-state index is 11.6. The van der Waals surface area contributed by atoms with Gasteiger partial charge in [0.2, 0.25) is 5.91 Å². The molecule has 0 aliphatic carbocycles. The van der Waals surface area contributed by atoms with Crippen molar-refractivity contribution in [1.29, 1.82) is 0 Å². The molecule has 0 radical (unpaired) electrons. The minimum Gasteiger partial charge on any atom is -0.496 e. The molecule has 2 amide bonds. The molecule has 0 fully saturated rings. The lowest BCUT2D eigenvalue weighted by Crippen LogP contribution is -2.40. The maximum Gasteiger partial charge on any atom is 0.273 e. The number of carbonyl (C=O) groups is 2. The van der Waals surface area contributed by atoms with E-state index in [4.69, 9.17) is 4.74 Å². The molecule has 0 saturated carbocycles. The zero-order valence-corrected chi connectivity index (χ0v) is 10.4. The summed E-state index contributed by atoms with van der Waals surface area (Å²) >= 11 is 3.27. The van der Waals surface area contributed by atoms with E-state index >= 15 is 0 Å². The Kier molecular flexibility index (Phi) is 4.30. The largest absolute Gasteiger partial charge is 0.496 e. The van der Waals surface area contributed by atoms with Crippen LogP contribution in [-0.2, 0) is 4.79 Å². The summed E-state index contributed by atoms with van der Waals surface area (Å²) in [5, 5.41) is 0. The van der Waals surface area contributed by atoms with E-state index in [1.807, 2.05) is 0 Å². The number of nitrogens with one attached hydrogen (secondary N) is 2. The molecule has 0 bridgehead atoms. The quantitative estimate of drug-likeness (QED) is 0.804. The summed E-state index contributed by atoms with van der Waals surface area (Å²) in [4.78, 5) is 22.2. The van der Waals surface area contributed by atoms with Crippen LogP contribution in [0.4, 0.5) is 0 Å². The molecule has 0 aliphatic heterocycles. The van der Waals surface area contributed by atoms with Crippen molar-refractivity contribution < 1.29 is 14.3 Å². The van der Waals surface area contributed by atoms with Crippen molar-refractivity contribution in [1.82, 2.24) is 10.9 Å². The molecule has 2 N–H and O–H groups in total. The molecule has 1 aromatic rings. The monoisotopic (exact) mass is 286 g/mol. The van der Waals surface area contributed by atoms with Gasteiger partial charge in [-0.3, -0.25) is 20.4 Å². The van der Waals surface area contributed by atoms with Crippen molar-refractivity contribution in [3.63, 3.8) is 0 Å². The Morgan fingerprint density at radius 2 is 2.00 bits per heavy atom. The fraction of sp³-hybridized carbons (Fsp3) is 0.200. The standard InChI is InChI=1S/C10H11BrN2O3/c1-6(14)12-13-10(15)8-4-3-7(11)5-9(8)16-2/h3-5H,1-2H3,(H,12,14)(H,13,15). The van der Waals surface area contributed by atoms with Crippen molar-refractivity contribution >= 4 is 27.7 Å². The summed E-state index contributed by atoms with van der Waals surface area (Å²) in [5.41, 5.74) is 4.81. The van der Waals surface area contributed by atoms with Crippen molar-refractivity contribution in [3.05, 3.63) is 28.2 Å². The van der Waals surface area contributed by atoms with Gasteiger partial charge in [0.25, 0.3) is 5.91 Å². The predicted molar refractivity (Wildman–Crippen MR) is 62.0 cm³/mol. The van der Waals surface area contributed by atoms with Crippen LogP contribution in [0.5, 0.6) is 5.75 Å². The van der Waals surface area contributed by atoms with Crippen LogP contribution >= 0.6 is 15.9 Å². The lowest BCUT2D eigenvalue weighted by Gasteiger charge is -2.09. The number of halogens is 1. The molecule has 6 heteroatoms. The van der Waals surface area contributed by atoms with E-state index in [0.717, 1.165) is 4.47 Å². The smallest absolute Gasteiger partial charge is 0.273 e. The summed E-state index contributed by atoms with van der Waals surface area (Å²) in [6.07, 6.45) is 0. The second-order valence-electron chi connectivity index (χ2n) is 2.98. The Bertz CT molecular complexity index is 421. The number of rotatable bonds is 2. The van der Waals surface area contributed by atoms with Crippen LogP contribution in [0.2, 0.25) is 0 Å². The van der Waals surface area contributed by atoms with E-state index in [-0.39, 0.29) is 5.91 Å². The Morgan fingerprint density at radius 3 is 2.56 bits per heavy atom. The maximum atomic E-state index is 11.6. The fourth-order valence-electron chi connectivity index (χ4n) is 1.06. The molecule has 16 heavy (non-hydrogen) atoms. The second kappa shape index (κ2) is 5.50. The van der Waals surface area contributed by atoms with Crippen LogP contribution in [0.3, 0.4) is 0 Å². The first kappa shape index (κ1) is 12.5. The minimum atomic E-state index is -0.431. The van der Waals surface area contributed by atoms with Gasteiger partial charge in [-0.1, -0.05) is 15.9 Å². The third-order valence-corrected chi connectivity index (χ3v) is 2.25. The fourth-order valence-corrected chi connectivity index (χ4v) is 1.40. The Hall–Kier alpha value is -1.56. The Balaban J connectivity index is 2.86. The SMILES string of the molecule is COc1cc(Br)ccc1C(=O)NNC(C)=O. The molecule has 1 aromatic carbocycles. The molecule has 0 spiro atoms. The van der Waals surface area contributed by atoms with Crippen LogP contribution in [0.15, 0.2) is 22.7 Å². The highest BCUT2D eigenvalue weighted by molar-refractivity contribution is 9.10. The third-order valence-electron chi connectivity index (χ3n) is 1.76. The molecule has 0 saturated heterocycles.